The van der Waals surface area contributed by atoms with Crippen LogP contribution in [0.2, 0.25) is 0 Å². The minimum atomic E-state index is -0.0703. The van der Waals surface area contributed by atoms with E-state index in [4.69, 9.17) is 0 Å². The Bertz CT molecular complexity index is 1050. The van der Waals surface area contributed by atoms with E-state index in [9.17, 15) is 4.79 Å². The number of nitrogens with zero attached hydrogens (tertiary/aromatic N) is 4. The summed E-state index contributed by atoms with van der Waals surface area (Å²) >= 11 is 0. The van der Waals surface area contributed by atoms with Crippen LogP contribution in [0.1, 0.15) is 60.3 Å². The van der Waals surface area contributed by atoms with Crippen molar-refractivity contribution in [3.63, 3.8) is 0 Å². The highest BCUT2D eigenvalue weighted by molar-refractivity contribution is 5.94. The zero-order valence-electron chi connectivity index (χ0n) is 17.3. The molecular weight excluding hydrogens is 364 g/mol. The van der Waals surface area contributed by atoms with E-state index in [1.807, 2.05) is 19.1 Å². The van der Waals surface area contributed by atoms with Crippen LogP contribution >= 0.6 is 0 Å². The maximum atomic E-state index is 12.1. The molecule has 0 aromatic carbocycles. The third-order valence-corrected chi connectivity index (χ3v) is 5.43. The first kappa shape index (κ1) is 19.2. The second kappa shape index (κ2) is 7.39. The van der Waals surface area contributed by atoms with E-state index in [1.54, 1.807) is 12.4 Å². The highest BCUT2D eigenvalue weighted by Crippen LogP contribution is 2.38. The zero-order valence-corrected chi connectivity index (χ0v) is 17.3. The van der Waals surface area contributed by atoms with Crippen LogP contribution in [0.25, 0.3) is 11.3 Å². The monoisotopic (exact) mass is 390 g/mol. The average molecular weight is 390 g/mol. The lowest BCUT2D eigenvalue weighted by molar-refractivity contribution is 0.101. The number of aromatic nitrogens is 5. The van der Waals surface area contributed by atoms with Gasteiger partial charge in [-0.1, -0.05) is 13.8 Å². The molecule has 0 bridgehead atoms. The van der Waals surface area contributed by atoms with Crippen LogP contribution in [0.15, 0.2) is 24.5 Å². The van der Waals surface area contributed by atoms with Gasteiger partial charge in [-0.05, 0) is 43.7 Å². The number of hydrogen-bond acceptors (Lipinski definition) is 6. The molecule has 0 saturated heterocycles. The Morgan fingerprint density at radius 1 is 1.24 bits per heavy atom. The number of aryl methyl sites for hydroxylation is 1. The van der Waals surface area contributed by atoms with E-state index in [0.29, 0.717) is 18.1 Å². The molecule has 0 radical (unpaired) electrons. The SMILES string of the molecule is CC(=O)c1cc(-c2n[nH]c3c2CCC(C)(C)C3)cc(NCc2cnc(C)nc2)n1. The predicted molar refractivity (Wildman–Crippen MR) is 112 cm³/mol. The number of Topliss-reactive ketones (excluding diaryl/α,β-unsaturated/α-hetero) is 1. The first-order chi connectivity index (χ1) is 13.8. The summed E-state index contributed by atoms with van der Waals surface area (Å²) in [6.07, 6.45) is 6.66. The number of rotatable bonds is 5. The molecule has 0 fully saturated rings. The molecule has 3 heterocycles. The number of ketones is 1. The molecule has 7 nitrogen and oxygen atoms in total. The largest absolute Gasteiger partial charge is 0.366 e. The molecular formula is C22H26N6O. The number of carbonyl (C=O) groups is 1. The van der Waals surface area contributed by atoms with Gasteiger partial charge in [0.15, 0.2) is 5.78 Å². The van der Waals surface area contributed by atoms with Crippen LogP contribution in [0.3, 0.4) is 0 Å². The van der Waals surface area contributed by atoms with Gasteiger partial charge in [0.2, 0.25) is 0 Å². The normalized spacial score (nSPS) is 15.0. The maximum Gasteiger partial charge on any atom is 0.178 e. The van der Waals surface area contributed by atoms with Crippen LogP contribution in [-0.2, 0) is 19.4 Å². The quantitative estimate of drug-likeness (QED) is 0.642. The van der Waals surface area contributed by atoms with Gasteiger partial charge < -0.3 is 5.32 Å². The van der Waals surface area contributed by atoms with Gasteiger partial charge in [0.05, 0.1) is 5.69 Å². The first-order valence-electron chi connectivity index (χ1n) is 9.92. The second-order valence-corrected chi connectivity index (χ2v) is 8.54. The van der Waals surface area contributed by atoms with Crippen molar-refractivity contribution in [3.8, 4) is 11.3 Å². The summed E-state index contributed by atoms with van der Waals surface area (Å²) in [4.78, 5) is 25.0. The van der Waals surface area contributed by atoms with Crippen molar-refractivity contribution in [1.29, 1.82) is 0 Å². The Balaban J connectivity index is 1.65. The molecule has 0 amide bonds. The molecule has 0 unspecified atom stereocenters. The van der Waals surface area contributed by atoms with E-state index < -0.39 is 0 Å². The van der Waals surface area contributed by atoms with Crippen molar-refractivity contribution in [1.82, 2.24) is 25.1 Å². The summed E-state index contributed by atoms with van der Waals surface area (Å²) in [5, 5.41) is 11.1. The highest BCUT2D eigenvalue weighted by Gasteiger charge is 2.29. The standard InChI is InChI=1S/C22H26N6O/c1-13(29)18-7-16(21-17-5-6-22(3,4)9-19(17)27-28-21)8-20(26-18)25-12-15-10-23-14(2)24-11-15/h7-8,10-11H,5-6,9,12H2,1-4H3,(H,25,26)(H,27,28). The second-order valence-electron chi connectivity index (χ2n) is 8.54. The number of H-pyrrole nitrogens is 1. The van der Waals surface area contributed by atoms with Gasteiger partial charge in [0, 0.05) is 48.2 Å². The minimum absolute atomic E-state index is 0.0703. The predicted octanol–water partition coefficient (Wildman–Crippen LogP) is 3.90. The lowest BCUT2D eigenvalue weighted by Crippen LogP contribution is -2.21. The molecule has 1 aliphatic rings. The van der Waals surface area contributed by atoms with E-state index in [2.05, 4.69) is 44.3 Å². The van der Waals surface area contributed by atoms with Crippen molar-refractivity contribution in [3.05, 3.63) is 52.9 Å². The molecule has 3 aromatic heterocycles. The molecule has 0 spiro atoms. The first-order valence-corrected chi connectivity index (χ1v) is 9.92. The third kappa shape index (κ3) is 4.18. The van der Waals surface area contributed by atoms with Gasteiger partial charge in [0.25, 0.3) is 0 Å². The average Bonchev–Trinajstić information content (AvgIpc) is 3.09. The Hall–Kier alpha value is -3.09. The number of carbonyl (C=O) groups excluding carboxylic acids is 1. The van der Waals surface area contributed by atoms with Crippen LogP contribution in [0.4, 0.5) is 5.82 Å². The summed E-state index contributed by atoms with van der Waals surface area (Å²) in [5.74, 6) is 1.31. The molecule has 150 valence electrons. The molecule has 7 heteroatoms. The maximum absolute atomic E-state index is 12.1. The molecule has 0 atom stereocenters. The number of anilines is 1. The van der Waals surface area contributed by atoms with Crippen molar-refractivity contribution < 1.29 is 4.79 Å². The topological polar surface area (TPSA) is 96.5 Å². The fraction of sp³-hybridized carbons (Fsp3) is 0.409. The Morgan fingerprint density at radius 3 is 2.72 bits per heavy atom. The summed E-state index contributed by atoms with van der Waals surface area (Å²) < 4.78 is 0. The van der Waals surface area contributed by atoms with Crippen LogP contribution in [0, 0.1) is 12.3 Å². The van der Waals surface area contributed by atoms with Crippen molar-refractivity contribution in [2.45, 2.75) is 53.5 Å². The number of nitrogens with one attached hydrogen (secondary N) is 2. The number of pyridine rings is 1. The van der Waals surface area contributed by atoms with Gasteiger partial charge in [-0.15, -0.1) is 0 Å². The summed E-state index contributed by atoms with van der Waals surface area (Å²) in [6, 6.07) is 3.79. The smallest absolute Gasteiger partial charge is 0.178 e. The summed E-state index contributed by atoms with van der Waals surface area (Å²) in [5.41, 5.74) is 5.94. The molecule has 0 aliphatic heterocycles. The highest BCUT2D eigenvalue weighted by atomic mass is 16.1. The lowest BCUT2D eigenvalue weighted by atomic mass is 9.76. The van der Waals surface area contributed by atoms with Crippen LogP contribution < -0.4 is 5.32 Å². The van der Waals surface area contributed by atoms with E-state index >= 15 is 0 Å². The van der Waals surface area contributed by atoms with Crippen LogP contribution in [0.5, 0.6) is 0 Å². The van der Waals surface area contributed by atoms with E-state index in [0.717, 1.165) is 41.9 Å². The molecule has 4 rings (SSSR count). The molecule has 0 saturated carbocycles. The fourth-order valence-electron chi connectivity index (χ4n) is 3.73. The summed E-state index contributed by atoms with van der Waals surface area (Å²) in [6.45, 7) is 8.49. The Kier molecular flexibility index (Phi) is 4.90. The Morgan fingerprint density at radius 2 is 2.00 bits per heavy atom. The minimum Gasteiger partial charge on any atom is -0.366 e. The van der Waals surface area contributed by atoms with Crippen molar-refractivity contribution in [2.24, 2.45) is 5.41 Å². The molecule has 29 heavy (non-hydrogen) atoms. The number of hydrogen-bond donors (Lipinski definition) is 2. The van der Waals surface area contributed by atoms with Crippen molar-refractivity contribution in [2.75, 3.05) is 5.32 Å². The number of fused-ring (bicyclic) bond motifs is 1. The molecule has 1 aliphatic carbocycles. The van der Waals surface area contributed by atoms with Gasteiger partial charge in [-0.25, -0.2) is 15.0 Å². The van der Waals surface area contributed by atoms with Crippen LogP contribution in [-0.4, -0.2) is 30.9 Å². The Labute approximate surface area is 170 Å². The van der Waals surface area contributed by atoms with Crippen molar-refractivity contribution >= 4 is 11.6 Å². The van der Waals surface area contributed by atoms with Gasteiger partial charge in [-0.2, -0.15) is 5.10 Å². The van der Waals surface area contributed by atoms with Gasteiger partial charge in [-0.3, -0.25) is 9.89 Å². The third-order valence-electron chi connectivity index (χ3n) is 5.43. The van der Waals surface area contributed by atoms with Gasteiger partial charge >= 0.3 is 0 Å². The van der Waals surface area contributed by atoms with E-state index in [1.165, 1.54) is 18.2 Å². The summed E-state index contributed by atoms with van der Waals surface area (Å²) in [7, 11) is 0. The molecule has 3 aromatic rings. The zero-order chi connectivity index (χ0) is 20.6. The lowest BCUT2D eigenvalue weighted by Gasteiger charge is -2.29. The fourth-order valence-corrected chi connectivity index (χ4v) is 3.73. The van der Waals surface area contributed by atoms with E-state index in [-0.39, 0.29) is 11.2 Å². The van der Waals surface area contributed by atoms with Gasteiger partial charge in [0.1, 0.15) is 17.3 Å². The molecule has 2 N–H and O–H groups in total. The number of aromatic amines is 1.